The summed E-state index contributed by atoms with van der Waals surface area (Å²) in [5.41, 5.74) is -0.690. The standard InChI is InChI=1S/C14H9BrF2N4O2S/c1-24(23)21-12-9(16)3-2-7(10(12)17)13(22)11-8-4-6(15)5-18-14(8)20-19-11/h2-5,21H,1H3,(H,18,19,20). The first-order valence-corrected chi connectivity index (χ1v) is 8.86. The summed E-state index contributed by atoms with van der Waals surface area (Å²) in [6.45, 7) is 0. The van der Waals surface area contributed by atoms with Gasteiger partial charge < -0.3 is 4.72 Å². The Morgan fingerprint density at radius 1 is 1.38 bits per heavy atom. The molecule has 1 atom stereocenters. The summed E-state index contributed by atoms with van der Waals surface area (Å²) in [5, 5.41) is 6.80. The first kappa shape index (κ1) is 16.7. The highest BCUT2D eigenvalue weighted by Gasteiger charge is 2.23. The van der Waals surface area contributed by atoms with E-state index in [9.17, 15) is 17.8 Å². The maximum absolute atomic E-state index is 14.5. The number of ketones is 1. The fraction of sp³-hybridized carbons (Fsp3) is 0.0714. The van der Waals surface area contributed by atoms with E-state index in [4.69, 9.17) is 0 Å². The van der Waals surface area contributed by atoms with Crippen LogP contribution in [0.5, 0.6) is 0 Å². The second-order valence-electron chi connectivity index (χ2n) is 4.79. The molecule has 6 nitrogen and oxygen atoms in total. The monoisotopic (exact) mass is 414 g/mol. The minimum absolute atomic E-state index is 0.0212. The molecule has 2 heterocycles. The zero-order chi connectivity index (χ0) is 17.4. The molecule has 0 amide bonds. The van der Waals surface area contributed by atoms with Crippen LogP contribution in [-0.2, 0) is 11.0 Å². The Bertz CT molecular complexity index is 992. The van der Waals surface area contributed by atoms with Crippen molar-refractivity contribution in [1.82, 2.24) is 15.2 Å². The molecular weight excluding hydrogens is 406 g/mol. The number of hydrogen-bond acceptors (Lipinski definition) is 4. The van der Waals surface area contributed by atoms with Crippen molar-refractivity contribution >= 4 is 49.4 Å². The van der Waals surface area contributed by atoms with Crippen LogP contribution in [0.3, 0.4) is 0 Å². The number of pyridine rings is 1. The fourth-order valence-electron chi connectivity index (χ4n) is 2.15. The molecule has 0 aliphatic heterocycles. The van der Waals surface area contributed by atoms with Crippen molar-refractivity contribution in [3.8, 4) is 0 Å². The first-order chi connectivity index (χ1) is 11.4. The smallest absolute Gasteiger partial charge is 0.214 e. The van der Waals surface area contributed by atoms with Gasteiger partial charge in [0.2, 0.25) is 5.78 Å². The average molecular weight is 415 g/mol. The molecule has 0 saturated carbocycles. The summed E-state index contributed by atoms with van der Waals surface area (Å²) >= 11 is 3.24. The van der Waals surface area contributed by atoms with Crippen molar-refractivity contribution in [2.75, 3.05) is 11.0 Å². The van der Waals surface area contributed by atoms with Gasteiger partial charge in [0.25, 0.3) is 0 Å². The molecule has 0 radical (unpaired) electrons. The summed E-state index contributed by atoms with van der Waals surface area (Å²) in [6.07, 6.45) is 2.73. The van der Waals surface area contributed by atoms with Gasteiger partial charge in [0.15, 0.2) is 11.5 Å². The first-order valence-electron chi connectivity index (χ1n) is 6.51. The number of carbonyl (C=O) groups excluding carboxylic acids is 1. The van der Waals surface area contributed by atoms with Crippen molar-refractivity contribution in [3.63, 3.8) is 0 Å². The van der Waals surface area contributed by atoms with Gasteiger partial charge in [-0.25, -0.2) is 18.0 Å². The topological polar surface area (TPSA) is 87.7 Å². The Labute approximate surface area is 145 Å². The third-order valence-electron chi connectivity index (χ3n) is 3.18. The van der Waals surface area contributed by atoms with Gasteiger partial charge in [-0.05, 0) is 34.1 Å². The number of hydrogen-bond donors (Lipinski definition) is 2. The summed E-state index contributed by atoms with van der Waals surface area (Å²) in [4.78, 5) is 16.6. The van der Waals surface area contributed by atoms with Gasteiger partial charge in [-0.3, -0.25) is 9.89 Å². The van der Waals surface area contributed by atoms with Gasteiger partial charge >= 0.3 is 0 Å². The molecule has 10 heteroatoms. The lowest BCUT2D eigenvalue weighted by molar-refractivity contribution is 0.103. The highest BCUT2D eigenvalue weighted by Crippen LogP contribution is 2.26. The Balaban J connectivity index is 2.13. The molecule has 0 bridgehead atoms. The molecule has 1 unspecified atom stereocenters. The van der Waals surface area contributed by atoms with Crippen molar-refractivity contribution in [1.29, 1.82) is 0 Å². The Hall–Kier alpha value is -2.20. The SMILES string of the molecule is CS(=O)Nc1c(F)ccc(C(=O)c2[nH]nc3ncc(Br)cc23)c1F. The fourth-order valence-corrected chi connectivity index (χ4v) is 2.95. The molecule has 2 aromatic heterocycles. The van der Waals surface area contributed by atoms with E-state index in [1.165, 1.54) is 12.5 Å². The molecule has 3 aromatic rings. The lowest BCUT2D eigenvalue weighted by atomic mass is 10.0. The molecule has 0 saturated heterocycles. The van der Waals surface area contributed by atoms with Crippen LogP contribution < -0.4 is 4.72 Å². The Kier molecular flexibility index (Phi) is 4.41. The summed E-state index contributed by atoms with van der Waals surface area (Å²) in [6, 6.07) is 3.56. The number of anilines is 1. The molecule has 0 spiro atoms. The van der Waals surface area contributed by atoms with Gasteiger partial charge in [0.05, 0.1) is 10.9 Å². The molecule has 24 heavy (non-hydrogen) atoms. The van der Waals surface area contributed by atoms with Crippen molar-refractivity contribution in [3.05, 3.63) is 51.8 Å². The van der Waals surface area contributed by atoms with Crippen molar-refractivity contribution < 1.29 is 17.8 Å². The van der Waals surface area contributed by atoms with Crippen LogP contribution in [-0.4, -0.2) is 31.4 Å². The maximum Gasteiger partial charge on any atom is 0.214 e. The van der Waals surface area contributed by atoms with Crippen molar-refractivity contribution in [2.24, 2.45) is 0 Å². The number of aromatic nitrogens is 3. The highest BCUT2D eigenvalue weighted by atomic mass is 79.9. The Morgan fingerprint density at radius 2 is 2.12 bits per heavy atom. The van der Waals surface area contributed by atoms with Crippen LogP contribution in [0.1, 0.15) is 16.1 Å². The van der Waals surface area contributed by atoms with E-state index in [1.54, 1.807) is 6.07 Å². The van der Waals surface area contributed by atoms with Crippen LogP contribution >= 0.6 is 15.9 Å². The van der Waals surface area contributed by atoms with Crippen LogP contribution in [0.15, 0.2) is 28.9 Å². The number of rotatable bonds is 4. The van der Waals surface area contributed by atoms with Gasteiger partial charge in [-0.15, -0.1) is 0 Å². The number of nitrogens with zero attached hydrogens (tertiary/aromatic N) is 2. The number of halogens is 3. The summed E-state index contributed by atoms with van der Waals surface area (Å²) < 4.78 is 42.2. The molecule has 2 N–H and O–H groups in total. The predicted molar refractivity (Wildman–Crippen MR) is 89.1 cm³/mol. The van der Waals surface area contributed by atoms with Crippen LogP contribution in [0.4, 0.5) is 14.5 Å². The number of aromatic amines is 1. The largest absolute Gasteiger partial charge is 0.300 e. The molecule has 0 aliphatic rings. The zero-order valence-electron chi connectivity index (χ0n) is 12.1. The summed E-state index contributed by atoms with van der Waals surface area (Å²) in [5.74, 6) is -2.79. The number of H-pyrrole nitrogens is 1. The molecule has 1 aromatic carbocycles. The minimum atomic E-state index is -1.70. The summed E-state index contributed by atoms with van der Waals surface area (Å²) in [7, 11) is -1.70. The maximum atomic E-state index is 14.5. The van der Waals surface area contributed by atoms with Gasteiger partial charge in [0, 0.05) is 16.9 Å². The zero-order valence-corrected chi connectivity index (χ0v) is 14.5. The Morgan fingerprint density at radius 3 is 2.83 bits per heavy atom. The predicted octanol–water partition coefficient (Wildman–Crippen LogP) is 2.94. The van der Waals surface area contributed by atoms with E-state index in [0.717, 1.165) is 12.1 Å². The molecule has 3 rings (SSSR count). The van der Waals surface area contributed by atoms with Crippen molar-refractivity contribution in [2.45, 2.75) is 0 Å². The van der Waals surface area contributed by atoms with E-state index in [-0.39, 0.29) is 16.9 Å². The van der Waals surface area contributed by atoms with Crippen LogP contribution in [0, 0.1) is 11.6 Å². The van der Waals surface area contributed by atoms with E-state index >= 15 is 0 Å². The van der Waals surface area contributed by atoms with E-state index in [0.29, 0.717) is 9.86 Å². The van der Waals surface area contributed by atoms with Crippen LogP contribution in [0.2, 0.25) is 0 Å². The third-order valence-corrected chi connectivity index (χ3v) is 4.11. The minimum Gasteiger partial charge on any atom is -0.300 e. The van der Waals surface area contributed by atoms with E-state index in [2.05, 4.69) is 35.8 Å². The molecular formula is C14H9BrF2N4O2S. The number of fused-ring (bicyclic) bond motifs is 1. The normalized spacial score (nSPS) is 12.3. The van der Waals surface area contributed by atoms with Gasteiger partial charge in [-0.2, -0.15) is 5.10 Å². The lowest BCUT2D eigenvalue weighted by Gasteiger charge is -2.09. The molecule has 0 fully saturated rings. The van der Waals surface area contributed by atoms with Gasteiger partial charge in [-0.1, -0.05) is 0 Å². The van der Waals surface area contributed by atoms with Gasteiger partial charge in [0.1, 0.15) is 28.2 Å². The number of nitrogens with one attached hydrogen (secondary N) is 2. The molecule has 0 aliphatic carbocycles. The van der Waals surface area contributed by atoms with E-state index in [1.807, 2.05) is 0 Å². The number of carbonyl (C=O) groups is 1. The highest BCUT2D eigenvalue weighted by molar-refractivity contribution is 9.10. The quantitative estimate of drug-likeness (QED) is 0.642. The second-order valence-corrected chi connectivity index (χ2v) is 6.82. The van der Waals surface area contributed by atoms with E-state index < -0.39 is 34.1 Å². The lowest BCUT2D eigenvalue weighted by Crippen LogP contribution is -2.11. The second kappa shape index (κ2) is 6.36. The number of benzene rings is 1. The van der Waals surface area contributed by atoms with Crippen LogP contribution in [0.25, 0.3) is 11.0 Å². The third kappa shape index (κ3) is 2.94. The molecule has 124 valence electrons. The average Bonchev–Trinajstić information content (AvgIpc) is 2.93.